The minimum Gasteiger partial charge on any atom is -0.326 e. The zero-order chi connectivity index (χ0) is 19.5. The van der Waals surface area contributed by atoms with Crippen molar-refractivity contribution in [2.75, 3.05) is 10.0 Å². The predicted molar refractivity (Wildman–Crippen MR) is 101 cm³/mol. The van der Waals surface area contributed by atoms with Crippen molar-refractivity contribution in [3.63, 3.8) is 0 Å². The van der Waals surface area contributed by atoms with Gasteiger partial charge in [-0.3, -0.25) is 9.52 Å². The summed E-state index contributed by atoms with van der Waals surface area (Å²) in [5.41, 5.74) is -2.46. The average Bonchev–Trinajstić information content (AvgIpc) is 2.53. The summed E-state index contributed by atoms with van der Waals surface area (Å²) in [4.78, 5) is 11.2. The van der Waals surface area contributed by atoms with Gasteiger partial charge in [0.15, 0.2) is 0 Å². The van der Waals surface area contributed by atoms with Crippen LogP contribution in [0.4, 0.5) is 20.2 Å². The Bertz CT molecular complexity index is 928. The average molecular weight is 400 g/mol. The molecule has 0 aliphatic carbocycles. The molecular weight excluding hydrogens is 381 g/mol. The Balaban J connectivity index is 2.37. The number of carbonyl (C=O) groups is 1. The van der Waals surface area contributed by atoms with E-state index in [2.05, 4.69) is 10.0 Å². The Hall–Kier alpha value is -2.05. The summed E-state index contributed by atoms with van der Waals surface area (Å²) in [5, 5.41) is 2.59. The largest absolute Gasteiger partial charge is 0.326 e. The number of halogens is 2. The van der Waals surface area contributed by atoms with Crippen LogP contribution < -0.4 is 10.0 Å². The molecule has 0 fully saturated rings. The number of aryl methyl sites for hydroxylation is 1. The molecule has 0 bridgehead atoms. The molecule has 0 spiro atoms. The Morgan fingerprint density at radius 2 is 1.85 bits per heavy atom. The third kappa shape index (κ3) is 4.99. The standard InChI is InChI=1S/C17H19F2N2O3PS/c1-3-12-9-14(20-11(2)22)7-8-16(12)26(23,24)21-15-6-4-5-13(10-15)17(18,19)25/h4-10,21H,3,25H2,1-2H3,(H,20,22). The van der Waals surface area contributed by atoms with Gasteiger partial charge in [0, 0.05) is 23.9 Å². The quantitative estimate of drug-likeness (QED) is 0.722. The minimum atomic E-state index is -3.98. The number of sulfonamides is 1. The molecule has 2 rings (SSSR count). The van der Waals surface area contributed by atoms with Crippen molar-refractivity contribution in [2.45, 2.75) is 30.8 Å². The van der Waals surface area contributed by atoms with E-state index >= 15 is 0 Å². The van der Waals surface area contributed by atoms with Crippen molar-refractivity contribution < 1.29 is 22.0 Å². The predicted octanol–water partition coefficient (Wildman–Crippen LogP) is 3.93. The van der Waals surface area contributed by atoms with E-state index in [1.54, 1.807) is 13.0 Å². The van der Waals surface area contributed by atoms with E-state index in [1.807, 2.05) is 0 Å². The number of rotatable bonds is 6. The molecule has 26 heavy (non-hydrogen) atoms. The smallest absolute Gasteiger partial charge is 0.283 e. The number of alkyl halides is 2. The van der Waals surface area contributed by atoms with E-state index in [9.17, 15) is 22.0 Å². The molecule has 5 nitrogen and oxygen atoms in total. The second kappa shape index (κ2) is 7.68. The molecule has 140 valence electrons. The number of amides is 1. The monoisotopic (exact) mass is 400 g/mol. The summed E-state index contributed by atoms with van der Waals surface area (Å²) in [7, 11) is -2.56. The highest BCUT2D eigenvalue weighted by Gasteiger charge is 2.25. The Kier molecular flexibility index (Phi) is 5.98. The number of hydrogen-bond acceptors (Lipinski definition) is 3. The fourth-order valence-electron chi connectivity index (χ4n) is 2.40. The number of nitrogens with one attached hydrogen (secondary N) is 2. The highest BCUT2D eigenvalue weighted by molar-refractivity contribution is 7.92. The zero-order valence-electron chi connectivity index (χ0n) is 14.2. The van der Waals surface area contributed by atoms with Gasteiger partial charge in [0.05, 0.1) is 4.90 Å². The summed E-state index contributed by atoms with van der Waals surface area (Å²) in [5.74, 6) is -0.268. The second-order valence-corrected chi connectivity index (χ2v) is 8.04. The Morgan fingerprint density at radius 3 is 2.42 bits per heavy atom. The topological polar surface area (TPSA) is 75.3 Å². The molecule has 9 heteroatoms. The lowest BCUT2D eigenvalue weighted by Crippen LogP contribution is -2.16. The van der Waals surface area contributed by atoms with Crippen LogP contribution in [0.2, 0.25) is 0 Å². The zero-order valence-corrected chi connectivity index (χ0v) is 16.2. The van der Waals surface area contributed by atoms with Crippen molar-refractivity contribution in [2.24, 2.45) is 0 Å². The first-order valence-electron chi connectivity index (χ1n) is 7.73. The molecule has 0 aliphatic rings. The third-order valence-corrected chi connectivity index (χ3v) is 5.37. The maximum absolute atomic E-state index is 13.4. The molecule has 0 saturated heterocycles. The maximum Gasteiger partial charge on any atom is 0.283 e. The van der Waals surface area contributed by atoms with Gasteiger partial charge in [-0.25, -0.2) is 8.42 Å². The van der Waals surface area contributed by atoms with Crippen molar-refractivity contribution in [3.05, 3.63) is 53.6 Å². The van der Waals surface area contributed by atoms with Gasteiger partial charge in [0.2, 0.25) is 5.91 Å². The lowest BCUT2D eigenvalue weighted by Gasteiger charge is -2.15. The van der Waals surface area contributed by atoms with E-state index in [0.717, 1.165) is 6.07 Å². The molecule has 0 aliphatic heterocycles. The summed E-state index contributed by atoms with van der Waals surface area (Å²) in [6, 6.07) is 9.47. The van der Waals surface area contributed by atoms with Gasteiger partial charge in [-0.2, -0.15) is 8.78 Å². The minimum absolute atomic E-state index is 0.0251. The van der Waals surface area contributed by atoms with E-state index in [0.29, 0.717) is 17.7 Å². The molecule has 0 heterocycles. The van der Waals surface area contributed by atoms with Gasteiger partial charge in [-0.1, -0.05) is 28.3 Å². The van der Waals surface area contributed by atoms with Crippen molar-refractivity contribution in [3.8, 4) is 0 Å². The first-order chi connectivity index (χ1) is 12.0. The number of anilines is 2. The highest BCUT2D eigenvalue weighted by Crippen LogP contribution is 2.36. The highest BCUT2D eigenvalue weighted by atomic mass is 32.2. The Labute approximate surface area is 153 Å². The first kappa shape index (κ1) is 20.3. The van der Waals surface area contributed by atoms with Crippen LogP contribution in [0.15, 0.2) is 47.4 Å². The van der Waals surface area contributed by atoms with Crippen molar-refractivity contribution >= 4 is 36.5 Å². The SMILES string of the molecule is CCc1cc(NC(C)=O)ccc1S(=O)(=O)Nc1cccc(C(F)(F)P)c1. The van der Waals surface area contributed by atoms with E-state index in [1.165, 1.54) is 46.5 Å². The summed E-state index contributed by atoms with van der Waals surface area (Å²) in [6.07, 6.45) is 0.410. The Morgan fingerprint density at radius 1 is 1.15 bits per heavy atom. The molecule has 2 aromatic carbocycles. The summed E-state index contributed by atoms with van der Waals surface area (Å²) in [6.45, 7) is 3.13. The molecule has 0 radical (unpaired) electrons. The molecule has 2 N–H and O–H groups in total. The summed E-state index contributed by atoms with van der Waals surface area (Å²) >= 11 is 0. The van der Waals surface area contributed by atoms with Crippen LogP contribution in [0.5, 0.6) is 0 Å². The lowest BCUT2D eigenvalue weighted by atomic mass is 10.1. The number of hydrogen-bond donors (Lipinski definition) is 2. The van der Waals surface area contributed by atoms with Crippen LogP contribution in [0, 0.1) is 0 Å². The molecular formula is C17H19F2N2O3PS. The van der Waals surface area contributed by atoms with Gasteiger partial charge in [-0.05, 0) is 42.3 Å². The molecule has 1 unspecified atom stereocenters. The van der Waals surface area contributed by atoms with E-state index in [4.69, 9.17) is 0 Å². The van der Waals surface area contributed by atoms with Gasteiger partial charge in [-0.15, -0.1) is 0 Å². The van der Waals surface area contributed by atoms with E-state index < -0.39 is 15.7 Å². The maximum atomic E-state index is 13.4. The first-order valence-corrected chi connectivity index (χ1v) is 9.79. The van der Waals surface area contributed by atoms with Gasteiger partial charge in [0.1, 0.15) is 0 Å². The van der Waals surface area contributed by atoms with E-state index in [-0.39, 0.29) is 22.1 Å². The molecule has 0 aromatic heterocycles. The molecule has 1 amide bonds. The molecule has 2 aromatic rings. The van der Waals surface area contributed by atoms with Crippen molar-refractivity contribution in [1.29, 1.82) is 0 Å². The van der Waals surface area contributed by atoms with Crippen molar-refractivity contribution in [1.82, 2.24) is 0 Å². The van der Waals surface area contributed by atoms with Gasteiger partial charge in [0.25, 0.3) is 15.7 Å². The van der Waals surface area contributed by atoms with Crippen LogP contribution in [0.1, 0.15) is 25.0 Å². The lowest BCUT2D eigenvalue weighted by molar-refractivity contribution is -0.114. The van der Waals surface area contributed by atoms with Gasteiger partial charge >= 0.3 is 0 Å². The van der Waals surface area contributed by atoms with Crippen LogP contribution in [-0.2, 0) is 26.9 Å². The normalized spacial score (nSPS) is 11.9. The van der Waals surface area contributed by atoms with Crippen LogP contribution >= 0.6 is 9.24 Å². The summed E-state index contributed by atoms with van der Waals surface area (Å²) < 4.78 is 54.5. The van der Waals surface area contributed by atoms with Crippen LogP contribution in [-0.4, -0.2) is 14.3 Å². The molecule has 1 atom stereocenters. The second-order valence-electron chi connectivity index (χ2n) is 5.67. The fraction of sp³-hybridized carbons (Fsp3) is 0.235. The molecule has 0 saturated carbocycles. The number of benzene rings is 2. The van der Waals surface area contributed by atoms with Crippen LogP contribution in [0.25, 0.3) is 0 Å². The number of carbonyl (C=O) groups excluding carboxylic acids is 1. The third-order valence-electron chi connectivity index (χ3n) is 3.55. The van der Waals surface area contributed by atoms with Crippen LogP contribution in [0.3, 0.4) is 0 Å². The van der Waals surface area contributed by atoms with Gasteiger partial charge < -0.3 is 5.32 Å². The fourth-order valence-corrected chi connectivity index (χ4v) is 3.92.